The first-order valence-corrected chi connectivity index (χ1v) is 6.72. The Morgan fingerprint density at radius 1 is 1.38 bits per heavy atom. The standard InChI is InChI=1S/C11H16N4S/c1-8-7-15-11(12-8)16-10(14-15)13-9-5-3-2-4-6-9/h7,9H,2-6H2,1H3,(H,13,14). The van der Waals surface area contributed by atoms with E-state index >= 15 is 0 Å². The third kappa shape index (κ3) is 1.91. The van der Waals surface area contributed by atoms with E-state index in [9.17, 15) is 0 Å². The Kier molecular flexibility index (Phi) is 2.55. The fourth-order valence-electron chi connectivity index (χ4n) is 2.29. The first-order valence-electron chi connectivity index (χ1n) is 5.90. The Labute approximate surface area is 98.7 Å². The topological polar surface area (TPSA) is 42.2 Å². The van der Waals surface area contributed by atoms with Crippen molar-refractivity contribution in [2.24, 2.45) is 0 Å². The van der Waals surface area contributed by atoms with Gasteiger partial charge in [-0.1, -0.05) is 30.6 Å². The van der Waals surface area contributed by atoms with Crippen LogP contribution in [0.2, 0.25) is 0 Å². The van der Waals surface area contributed by atoms with Crippen LogP contribution in [0.5, 0.6) is 0 Å². The van der Waals surface area contributed by atoms with Crippen molar-refractivity contribution in [2.45, 2.75) is 45.1 Å². The molecule has 2 heterocycles. The van der Waals surface area contributed by atoms with Crippen LogP contribution in [-0.2, 0) is 0 Å². The van der Waals surface area contributed by atoms with Crippen molar-refractivity contribution in [3.05, 3.63) is 11.9 Å². The number of fused-ring (bicyclic) bond motifs is 1. The summed E-state index contributed by atoms with van der Waals surface area (Å²) < 4.78 is 1.87. The van der Waals surface area contributed by atoms with E-state index in [0.29, 0.717) is 6.04 Å². The van der Waals surface area contributed by atoms with Crippen molar-refractivity contribution in [3.63, 3.8) is 0 Å². The number of hydrogen-bond acceptors (Lipinski definition) is 4. The molecule has 4 nitrogen and oxygen atoms in total. The molecule has 0 radical (unpaired) electrons. The van der Waals surface area contributed by atoms with Gasteiger partial charge in [-0.05, 0) is 19.8 Å². The maximum atomic E-state index is 4.49. The minimum atomic E-state index is 0.616. The molecule has 0 bridgehead atoms. The number of nitrogens with one attached hydrogen (secondary N) is 1. The molecule has 0 unspecified atom stereocenters. The third-order valence-electron chi connectivity index (χ3n) is 3.10. The fourth-order valence-corrected chi connectivity index (χ4v) is 3.19. The van der Waals surface area contributed by atoms with E-state index in [2.05, 4.69) is 15.4 Å². The molecule has 2 aromatic heterocycles. The van der Waals surface area contributed by atoms with Gasteiger partial charge in [0.2, 0.25) is 10.1 Å². The van der Waals surface area contributed by atoms with Crippen molar-refractivity contribution in [1.82, 2.24) is 14.6 Å². The van der Waals surface area contributed by atoms with Gasteiger partial charge in [0, 0.05) is 6.04 Å². The molecule has 16 heavy (non-hydrogen) atoms. The average molecular weight is 236 g/mol. The summed E-state index contributed by atoms with van der Waals surface area (Å²) in [6.07, 6.45) is 8.61. The second-order valence-electron chi connectivity index (χ2n) is 4.50. The Bertz CT molecular complexity index is 450. The Morgan fingerprint density at radius 2 is 2.19 bits per heavy atom. The lowest BCUT2D eigenvalue weighted by Gasteiger charge is -2.21. The largest absolute Gasteiger partial charge is 0.357 e. The second kappa shape index (κ2) is 4.05. The highest BCUT2D eigenvalue weighted by molar-refractivity contribution is 7.20. The summed E-state index contributed by atoms with van der Waals surface area (Å²) in [6, 6.07) is 0.616. The minimum Gasteiger partial charge on any atom is -0.357 e. The molecule has 3 rings (SSSR count). The maximum Gasteiger partial charge on any atom is 0.214 e. The lowest BCUT2D eigenvalue weighted by molar-refractivity contribution is 0.462. The molecular weight excluding hydrogens is 220 g/mol. The third-order valence-corrected chi connectivity index (χ3v) is 3.95. The summed E-state index contributed by atoms with van der Waals surface area (Å²) in [5.41, 5.74) is 1.03. The van der Waals surface area contributed by atoms with Crippen LogP contribution in [0.3, 0.4) is 0 Å². The first-order chi connectivity index (χ1) is 7.81. The number of anilines is 1. The van der Waals surface area contributed by atoms with Crippen molar-refractivity contribution >= 4 is 21.4 Å². The van der Waals surface area contributed by atoms with E-state index in [-0.39, 0.29) is 0 Å². The highest BCUT2D eigenvalue weighted by atomic mass is 32.1. The lowest BCUT2D eigenvalue weighted by Crippen LogP contribution is -2.22. The number of aryl methyl sites for hydroxylation is 1. The molecule has 5 heteroatoms. The molecule has 86 valence electrons. The molecule has 0 aliphatic heterocycles. The lowest BCUT2D eigenvalue weighted by atomic mass is 9.96. The summed E-state index contributed by atoms with van der Waals surface area (Å²) in [5.74, 6) is 0. The molecule has 1 fully saturated rings. The number of rotatable bonds is 2. The molecule has 1 N–H and O–H groups in total. The van der Waals surface area contributed by atoms with Gasteiger partial charge in [0.05, 0.1) is 11.9 Å². The number of aromatic nitrogens is 3. The number of nitrogens with zero attached hydrogens (tertiary/aromatic N) is 3. The predicted molar refractivity (Wildman–Crippen MR) is 66.1 cm³/mol. The number of hydrogen-bond donors (Lipinski definition) is 1. The molecule has 0 aromatic carbocycles. The minimum absolute atomic E-state index is 0.616. The van der Waals surface area contributed by atoms with Crippen molar-refractivity contribution in [2.75, 3.05) is 5.32 Å². The van der Waals surface area contributed by atoms with Crippen molar-refractivity contribution in [3.8, 4) is 0 Å². The Morgan fingerprint density at radius 3 is 2.94 bits per heavy atom. The van der Waals surface area contributed by atoms with E-state index in [1.165, 1.54) is 32.1 Å². The van der Waals surface area contributed by atoms with Crippen molar-refractivity contribution < 1.29 is 0 Å². The van der Waals surface area contributed by atoms with Crippen LogP contribution in [-0.4, -0.2) is 20.6 Å². The first kappa shape index (κ1) is 10.1. The second-order valence-corrected chi connectivity index (χ2v) is 5.45. The quantitative estimate of drug-likeness (QED) is 0.871. The average Bonchev–Trinajstić information content (AvgIpc) is 2.76. The van der Waals surface area contributed by atoms with Gasteiger partial charge in [-0.2, -0.15) is 0 Å². The zero-order chi connectivity index (χ0) is 11.0. The molecule has 1 aliphatic rings. The van der Waals surface area contributed by atoms with E-state index in [1.54, 1.807) is 11.3 Å². The van der Waals surface area contributed by atoms with E-state index in [1.807, 2.05) is 17.6 Å². The highest BCUT2D eigenvalue weighted by Crippen LogP contribution is 2.24. The summed E-state index contributed by atoms with van der Waals surface area (Å²) in [5, 5.41) is 9.02. The smallest absolute Gasteiger partial charge is 0.214 e. The van der Waals surface area contributed by atoms with Gasteiger partial charge in [-0.25, -0.2) is 9.50 Å². The summed E-state index contributed by atoms with van der Waals surface area (Å²) >= 11 is 1.64. The van der Waals surface area contributed by atoms with Crippen LogP contribution in [0.25, 0.3) is 4.96 Å². The van der Waals surface area contributed by atoms with Crippen LogP contribution in [0.1, 0.15) is 37.8 Å². The van der Waals surface area contributed by atoms with Crippen molar-refractivity contribution in [1.29, 1.82) is 0 Å². The van der Waals surface area contributed by atoms with E-state index in [0.717, 1.165) is 15.8 Å². The maximum absolute atomic E-state index is 4.49. The Hall–Kier alpha value is -1.10. The van der Waals surface area contributed by atoms with E-state index < -0.39 is 0 Å². The summed E-state index contributed by atoms with van der Waals surface area (Å²) in [4.78, 5) is 5.39. The molecule has 0 amide bonds. The van der Waals surface area contributed by atoms with Crippen LogP contribution in [0, 0.1) is 6.92 Å². The normalized spacial score (nSPS) is 18.1. The van der Waals surface area contributed by atoms with Gasteiger partial charge in [0.25, 0.3) is 0 Å². The fraction of sp³-hybridized carbons (Fsp3) is 0.636. The molecule has 2 aromatic rings. The van der Waals surface area contributed by atoms with Gasteiger partial charge in [0.15, 0.2) is 0 Å². The number of imidazole rings is 1. The van der Waals surface area contributed by atoms with E-state index in [4.69, 9.17) is 0 Å². The molecule has 0 atom stereocenters. The molecular formula is C11H16N4S. The van der Waals surface area contributed by atoms with Gasteiger partial charge >= 0.3 is 0 Å². The van der Waals surface area contributed by atoms with Crippen LogP contribution >= 0.6 is 11.3 Å². The molecule has 1 saturated carbocycles. The molecule has 1 aliphatic carbocycles. The molecule has 0 spiro atoms. The van der Waals surface area contributed by atoms with Gasteiger partial charge in [0.1, 0.15) is 0 Å². The summed E-state index contributed by atoms with van der Waals surface area (Å²) in [6.45, 7) is 2.00. The van der Waals surface area contributed by atoms with Gasteiger partial charge in [-0.15, -0.1) is 5.10 Å². The monoisotopic (exact) mass is 236 g/mol. The summed E-state index contributed by atoms with van der Waals surface area (Å²) in [7, 11) is 0. The highest BCUT2D eigenvalue weighted by Gasteiger charge is 2.15. The van der Waals surface area contributed by atoms with Crippen LogP contribution in [0.15, 0.2) is 6.20 Å². The molecule has 0 saturated heterocycles. The zero-order valence-corrected chi connectivity index (χ0v) is 10.3. The van der Waals surface area contributed by atoms with Gasteiger partial charge < -0.3 is 5.32 Å². The zero-order valence-electron chi connectivity index (χ0n) is 9.44. The van der Waals surface area contributed by atoms with Crippen LogP contribution < -0.4 is 5.32 Å². The predicted octanol–water partition coefficient (Wildman–Crippen LogP) is 2.84. The van der Waals surface area contributed by atoms with Gasteiger partial charge in [-0.3, -0.25) is 0 Å². The Balaban J connectivity index is 1.75. The van der Waals surface area contributed by atoms with Crippen LogP contribution in [0.4, 0.5) is 5.13 Å². The SMILES string of the molecule is Cc1cn2nc(NC3CCCCC3)sc2n1.